The Morgan fingerprint density at radius 2 is 1.71 bits per heavy atom. The molecule has 100 valence electrons. The van der Waals surface area contributed by atoms with E-state index in [9.17, 15) is 0 Å². The SMILES string of the molecule is CC1CCCCCC1NCC1CCN(C)CC1. The number of hydrogen-bond donors (Lipinski definition) is 1. The Kier molecular flexibility index (Phi) is 5.30. The maximum absolute atomic E-state index is 3.88. The van der Waals surface area contributed by atoms with Crippen LogP contribution in [-0.4, -0.2) is 37.6 Å². The molecule has 0 spiro atoms. The summed E-state index contributed by atoms with van der Waals surface area (Å²) in [6.07, 6.45) is 9.98. The summed E-state index contributed by atoms with van der Waals surface area (Å²) < 4.78 is 0. The van der Waals surface area contributed by atoms with Crippen molar-refractivity contribution in [3.8, 4) is 0 Å². The Labute approximate surface area is 107 Å². The van der Waals surface area contributed by atoms with Crippen LogP contribution in [0.4, 0.5) is 0 Å². The molecule has 2 fully saturated rings. The molecule has 2 rings (SSSR count). The Hall–Kier alpha value is -0.0800. The van der Waals surface area contributed by atoms with Crippen LogP contribution >= 0.6 is 0 Å². The monoisotopic (exact) mass is 238 g/mol. The highest BCUT2D eigenvalue weighted by molar-refractivity contribution is 4.79. The number of likely N-dealkylation sites (tertiary alicyclic amines) is 1. The Morgan fingerprint density at radius 1 is 1.00 bits per heavy atom. The zero-order chi connectivity index (χ0) is 12.1. The fraction of sp³-hybridized carbons (Fsp3) is 1.00. The fourth-order valence-corrected chi connectivity index (χ4v) is 3.38. The lowest BCUT2D eigenvalue weighted by atomic mass is 9.93. The van der Waals surface area contributed by atoms with Gasteiger partial charge >= 0.3 is 0 Å². The molecule has 1 aliphatic carbocycles. The van der Waals surface area contributed by atoms with Gasteiger partial charge < -0.3 is 10.2 Å². The number of hydrogen-bond acceptors (Lipinski definition) is 2. The predicted molar refractivity (Wildman–Crippen MR) is 74.3 cm³/mol. The first-order chi connectivity index (χ1) is 8.25. The first-order valence-electron chi connectivity index (χ1n) is 7.67. The average molecular weight is 238 g/mol. The van der Waals surface area contributed by atoms with E-state index in [1.807, 2.05) is 0 Å². The van der Waals surface area contributed by atoms with Gasteiger partial charge in [-0.25, -0.2) is 0 Å². The fourth-order valence-electron chi connectivity index (χ4n) is 3.38. The van der Waals surface area contributed by atoms with Crippen LogP contribution in [-0.2, 0) is 0 Å². The van der Waals surface area contributed by atoms with Gasteiger partial charge in [-0.1, -0.05) is 26.2 Å². The summed E-state index contributed by atoms with van der Waals surface area (Å²) in [7, 11) is 2.25. The molecule has 0 aromatic rings. The minimum Gasteiger partial charge on any atom is -0.313 e. The molecule has 17 heavy (non-hydrogen) atoms. The van der Waals surface area contributed by atoms with Crippen LogP contribution in [0.3, 0.4) is 0 Å². The van der Waals surface area contributed by atoms with Crippen LogP contribution < -0.4 is 5.32 Å². The largest absolute Gasteiger partial charge is 0.313 e. The van der Waals surface area contributed by atoms with E-state index in [0.717, 1.165) is 17.9 Å². The Bertz CT molecular complexity index is 209. The third kappa shape index (κ3) is 4.26. The van der Waals surface area contributed by atoms with Crippen molar-refractivity contribution in [2.75, 3.05) is 26.7 Å². The standard InChI is InChI=1S/C15H30N2/c1-13-6-4-3-5-7-15(13)16-12-14-8-10-17(2)11-9-14/h13-16H,3-12H2,1-2H3. The minimum absolute atomic E-state index is 0.803. The van der Waals surface area contributed by atoms with Gasteiger partial charge in [0.2, 0.25) is 0 Å². The number of nitrogens with one attached hydrogen (secondary N) is 1. The maximum Gasteiger partial charge on any atom is 0.00928 e. The van der Waals surface area contributed by atoms with Gasteiger partial charge in [0.1, 0.15) is 0 Å². The molecule has 2 heteroatoms. The van der Waals surface area contributed by atoms with Crippen molar-refractivity contribution in [3.63, 3.8) is 0 Å². The molecule has 2 atom stereocenters. The van der Waals surface area contributed by atoms with Crippen molar-refractivity contribution in [2.24, 2.45) is 11.8 Å². The Morgan fingerprint density at radius 3 is 2.47 bits per heavy atom. The minimum atomic E-state index is 0.803. The van der Waals surface area contributed by atoms with Gasteiger partial charge in [0.05, 0.1) is 0 Å². The van der Waals surface area contributed by atoms with Crippen molar-refractivity contribution in [2.45, 2.75) is 57.9 Å². The summed E-state index contributed by atoms with van der Waals surface area (Å²) in [5, 5.41) is 3.88. The molecule has 1 saturated carbocycles. The van der Waals surface area contributed by atoms with E-state index < -0.39 is 0 Å². The maximum atomic E-state index is 3.88. The first-order valence-corrected chi connectivity index (χ1v) is 7.67. The van der Waals surface area contributed by atoms with Gasteiger partial charge in [-0.2, -0.15) is 0 Å². The van der Waals surface area contributed by atoms with E-state index in [2.05, 4.69) is 24.2 Å². The van der Waals surface area contributed by atoms with Gasteiger partial charge in [-0.15, -0.1) is 0 Å². The molecule has 1 aliphatic heterocycles. The molecule has 2 aliphatic rings. The average Bonchev–Trinajstić information content (AvgIpc) is 2.54. The van der Waals surface area contributed by atoms with Crippen LogP contribution in [0.15, 0.2) is 0 Å². The second-order valence-electron chi connectivity index (χ2n) is 6.38. The highest BCUT2D eigenvalue weighted by atomic mass is 15.1. The van der Waals surface area contributed by atoms with Crippen LogP contribution in [0.25, 0.3) is 0 Å². The molecular weight excluding hydrogens is 208 g/mol. The van der Waals surface area contributed by atoms with E-state index in [1.54, 1.807) is 0 Å². The highest BCUT2D eigenvalue weighted by Gasteiger charge is 2.22. The smallest absolute Gasteiger partial charge is 0.00928 e. The normalized spacial score (nSPS) is 33.5. The molecule has 1 saturated heterocycles. The highest BCUT2D eigenvalue weighted by Crippen LogP contribution is 2.23. The summed E-state index contributed by atoms with van der Waals surface area (Å²) in [5.41, 5.74) is 0. The predicted octanol–water partition coefficient (Wildman–Crippen LogP) is 2.89. The lowest BCUT2D eigenvalue weighted by Crippen LogP contribution is -2.40. The zero-order valence-corrected chi connectivity index (χ0v) is 11.8. The number of rotatable bonds is 3. The topological polar surface area (TPSA) is 15.3 Å². The van der Waals surface area contributed by atoms with Gasteiger partial charge in [-0.3, -0.25) is 0 Å². The van der Waals surface area contributed by atoms with Crippen molar-refractivity contribution in [1.82, 2.24) is 10.2 Å². The second kappa shape index (κ2) is 6.75. The quantitative estimate of drug-likeness (QED) is 0.761. The van der Waals surface area contributed by atoms with Gasteiger partial charge in [-0.05, 0) is 64.2 Å². The van der Waals surface area contributed by atoms with Crippen LogP contribution in [0, 0.1) is 11.8 Å². The van der Waals surface area contributed by atoms with E-state index in [1.165, 1.54) is 64.6 Å². The summed E-state index contributed by atoms with van der Waals surface area (Å²) in [6.45, 7) is 6.31. The van der Waals surface area contributed by atoms with Gasteiger partial charge in [0.25, 0.3) is 0 Å². The van der Waals surface area contributed by atoms with Crippen LogP contribution in [0.2, 0.25) is 0 Å². The summed E-state index contributed by atoms with van der Waals surface area (Å²) >= 11 is 0. The van der Waals surface area contributed by atoms with Gasteiger partial charge in [0, 0.05) is 6.04 Å². The van der Waals surface area contributed by atoms with Gasteiger partial charge in [0.15, 0.2) is 0 Å². The van der Waals surface area contributed by atoms with Crippen molar-refractivity contribution < 1.29 is 0 Å². The van der Waals surface area contributed by atoms with E-state index in [4.69, 9.17) is 0 Å². The lowest BCUT2D eigenvalue weighted by molar-refractivity contribution is 0.206. The van der Waals surface area contributed by atoms with E-state index in [0.29, 0.717) is 0 Å². The molecule has 0 aromatic heterocycles. The first kappa shape index (κ1) is 13.4. The Balaban J connectivity index is 1.69. The molecule has 2 unspecified atom stereocenters. The van der Waals surface area contributed by atoms with E-state index in [-0.39, 0.29) is 0 Å². The third-order valence-electron chi connectivity index (χ3n) is 4.87. The summed E-state index contributed by atoms with van der Waals surface area (Å²) in [4.78, 5) is 2.46. The van der Waals surface area contributed by atoms with E-state index >= 15 is 0 Å². The molecule has 0 bridgehead atoms. The lowest BCUT2D eigenvalue weighted by Gasteiger charge is -2.31. The molecule has 0 aromatic carbocycles. The molecule has 1 heterocycles. The molecule has 0 radical (unpaired) electrons. The summed E-state index contributed by atoms with van der Waals surface area (Å²) in [5.74, 6) is 1.82. The van der Waals surface area contributed by atoms with Crippen molar-refractivity contribution >= 4 is 0 Å². The molecule has 1 N–H and O–H groups in total. The molecule has 0 amide bonds. The number of nitrogens with zero attached hydrogens (tertiary/aromatic N) is 1. The third-order valence-corrected chi connectivity index (χ3v) is 4.87. The van der Waals surface area contributed by atoms with Crippen molar-refractivity contribution in [3.05, 3.63) is 0 Å². The second-order valence-corrected chi connectivity index (χ2v) is 6.38. The number of piperidine rings is 1. The molecular formula is C15H30N2. The van der Waals surface area contributed by atoms with Crippen molar-refractivity contribution in [1.29, 1.82) is 0 Å². The van der Waals surface area contributed by atoms with Crippen LogP contribution in [0.1, 0.15) is 51.9 Å². The molecule has 2 nitrogen and oxygen atoms in total. The summed E-state index contributed by atoms with van der Waals surface area (Å²) in [6, 6.07) is 0.803. The van der Waals surface area contributed by atoms with Crippen LogP contribution in [0.5, 0.6) is 0 Å². The zero-order valence-electron chi connectivity index (χ0n) is 11.8.